The molecule has 0 aliphatic rings. The van der Waals surface area contributed by atoms with Crippen LogP contribution in [-0.2, 0) is 23.9 Å². The maximum absolute atomic E-state index is 10.9. The van der Waals surface area contributed by atoms with Gasteiger partial charge >= 0.3 is 0 Å². The van der Waals surface area contributed by atoms with Crippen LogP contribution in [0.2, 0.25) is 0 Å². The second-order valence-corrected chi connectivity index (χ2v) is 10.6. The van der Waals surface area contributed by atoms with Crippen molar-refractivity contribution in [1.29, 1.82) is 0 Å². The van der Waals surface area contributed by atoms with Crippen LogP contribution in [0.5, 0.6) is 11.5 Å². The molecule has 2 aromatic carbocycles. The number of phenols is 2. The number of para-hydroxylation sites is 2. The maximum Gasteiger partial charge on any atom is 0.123 e. The SMILES string of the molecule is CN(C)CCN(Cc1cccc(C(C)(C)C)c1O)Cc1cccc(C(C)(C)C)c1O. The molecule has 0 aromatic heterocycles. The van der Waals surface area contributed by atoms with Gasteiger partial charge in [0.15, 0.2) is 0 Å². The van der Waals surface area contributed by atoms with Gasteiger partial charge in [0.25, 0.3) is 0 Å². The molecule has 2 aromatic rings. The van der Waals surface area contributed by atoms with E-state index in [1.165, 1.54) is 0 Å². The van der Waals surface area contributed by atoms with Crippen molar-refractivity contribution in [2.75, 3.05) is 27.2 Å². The second-order valence-electron chi connectivity index (χ2n) is 10.6. The Balaban J connectivity index is 2.35. The van der Waals surface area contributed by atoms with Crippen LogP contribution in [-0.4, -0.2) is 47.2 Å². The summed E-state index contributed by atoms with van der Waals surface area (Å²) in [5, 5.41) is 21.9. The largest absolute Gasteiger partial charge is 0.507 e. The average Bonchev–Trinajstić information content (AvgIpc) is 2.60. The third-order valence-electron chi connectivity index (χ3n) is 5.51. The number of hydrogen-bond acceptors (Lipinski definition) is 4. The molecular weight excluding hydrogens is 372 g/mol. The third kappa shape index (κ3) is 6.23. The van der Waals surface area contributed by atoms with Crippen molar-refractivity contribution < 1.29 is 10.2 Å². The number of likely N-dealkylation sites (N-methyl/N-ethyl adjacent to an activating group) is 1. The zero-order chi connectivity index (χ0) is 22.7. The van der Waals surface area contributed by atoms with Crippen molar-refractivity contribution in [3.63, 3.8) is 0 Å². The average molecular weight is 413 g/mol. The van der Waals surface area contributed by atoms with E-state index in [1.54, 1.807) is 0 Å². The predicted octanol–water partition coefficient (Wildman–Crippen LogP) is 5.26. The molecule has 0 unspecified atom stereocenters. The van der Waals surface area contributed by atoms with Crippen molar-refractivity contribution in [3.05, 3.63) is 58.7 Å². The van der Waals surface area contributed by atoms with Crippen LogP contribution in [0.1, 0.15) is 63.8 Å². The van der Waals surface area contributed by atoms with E-state index in [4.69, 9.17) is 0 Å². The Morgan fingerprint density at radius 2 is 1.07 bits per heavy atom. The molecule has 0 amide bonds. The van der Waals surface area contributed by atoms with Crippen LogP contribution in [0.15, 0.2) is 36.4 Å². The van der Waals surface area contributed by atoms with Gasteiger partial charge in [-0.1, -0.05) is 77.9 Å². The molecule has 4 heteroatoms. The first kappa shape index (κ1) is 24.2. The Morgan fingerprint density at radius 1 is 0.667 bits per heavy atom. The Morgan fingerprint density at radius 3 is 1.40 bits per heavy atom. The minimum Gasteiger partial charge on any atom is -0.507 e. The number of phenolic OH excluding ortho intramolecular Hbond substituents is 2. The molecule has 4 nitrogen and oxygen atoms in total. The monoisotopic (exact) mass is 412 g/mol. The van der Waals surface area contributed by atoms with E-state index in [1.807, 2.05) is 36.4 Å². The van der Waals surface area contributed by atoms with E-state index < -0.39 is 0 Å². The molecule has 0 aliphatic carbocycles. The summed E-state index contributed by atoms with van der Waals surface area (Å²) < 4.78 is 0. The number of nitrogens with zero attached hydrogens (tertiary/aromatic N) is 2. The number of benzene rings is 2. The lowest BCUT2D eigenvalue weighted by Crippen LogP contribution is -2.31. The summed E-state index contributed by atoms with van der Waals surface area (Å²) in [6.45, 7) is 15.7. The molecule has 0 bridgehead atoms. The number of aromatic hydroxyl groups is 2. The summed E-state index contributed by atoms with van der Waals surface area (Å²) in [5.74, 6) is 0.764. The van der Waals surface area contributed by atoms with Crippen LogP contribution in [0, 0.1) is 0 Å². The molecule has 0 saturated carbocycles. The highest BCUT2D eigenvalue weighted by Gasteiger charge is 2.23. The van der Waals surface area contributed by atoms with Gasteiger partial charge < -0.3 is 15.1 Å². The Bertz CT molecular complexity index is 780. The van der Waals surface area contributed by atoms with Crippen molar-refractivity contribution in [3.8, 4) is 11.5 Å². The highest BCUT2D eigenvalue weighted by molar-refractivity contribution is 5.45. The first-order chi connectivity index (χ1) is 13.8. The van der Waals surface area contributed by atoms with Crippen LogP contribution >= 0.6 is 0 Å². The van der Waals surface area contributed by atoms with Crippen LogP contribution < -0.4 is 0 Å². The molecule has 0 spiro atoms. The molecular formula is C26H40N2O2. The van der Waals surface area contributed by atoms with Gasteiger partial charge in [0.2, 0.25) is 0 Å². The zero-order valence-corrected chi connectivity index (χ0v) is 20.1. The quantitative estimate of drug-likeness (QED) is 0.651. The molecule has 2 rings (SSSR count). The molecule has 2 N–H and O–H groups in total. The van der Waals surface area contributed by atoms with E-state index in [9.17, 15) is 10.2 Å². The summed E-state index contributed by atoms with van der Waals surface area (Å²) in [7, 11) is 4.13. The van der Waals surface area contributed by atoms with E-state index in [0.29, 0.717) is 24.6 Å². The van der Waals surface area contributed by atoms with E-state index in [-0.39, 0.29) is 10.8 Å². The fraction of sp³-hybridized carbons (Fsp3) is 0.538. The first-order valence-electron chi connectivity index (χ1n) is 10.8. The lowest BCUT2D eigenvalue weighted by atomic mass is 9.85. The minimum absolute atomic E-state index is 0.117. The standard InChI is InChI=1S/C26H40N2O2/c1-25(2,3)21-13-9-11-19(23(21)29)17-28(16-15-27(7)8)18-20-12-10-14-22(24(20)30)26(4,5)6/h9-14,29-30H,15-18H2,1-8H3. The molecule has 0 atom stereocenters. The molecule has 0 saturated heterocycles. The molecule has 0 heterocycles. The highest BCUT2D eigenvalue weighted by atomic mass is 16.3. The van der Waals surface area contributed by atoms with Crippen LogP contribution in [0.3, 0.4) is 0 Å². The van der Waals surface area contributed by atoms with Crippen molar-refractivity contribution in [2.45, 2.75) is 65.5 Å². The van der Waals surface area contributed by atoms with Gasteiger partial charge in [-0.3, -0.25) is 4.90 Å². The maximum atomic E-state index is 10.9. The molecule has 0 aliphatic heterocycles. The second kappa shape index (κ2) is 9.40. The van der Waals surface area contributed by atoms with Gasteiger partial charge in [-0.05, 0) is 36.1 Å². The molecule has 30 heavy (non-hydrogen) atoms. The summed E-state index contributed by atoms with van der Waals surface area (Å²) in [6.07, 6.45) is 0. The zero-order valence-electron chi connectivity index (χ0n) is 20.1. The number of rotatable bonds is 7. The summed E-state index contributed by atoms with van der Waals surface area (Å²) in [5.41, 5.74) is 3.54. The lowest BCUT2D eigenvalue weighted by Gasteiger charge is -2.28. The Hall–Kier alpha value is -2.04. The topological polar surface area (TPSA) is 46.9 Å². The van der Waals surface area contributed by atoms with E-state index >= 15 is 0 Å². The van der Waals surface area contributed by atoms with Crippen LogP contribution in [0.25, 0.3) is 0 Å². The molecule has 166 valence electrons. The van der Waals surface area contributed by atoms with Crippen molar-refractivity contribution in [2.24, 2.45) is 0 Å². The molecule has 0 fully saturated rings. The fourth-order valence-electron chi connectivity index (χ4n) is 3.69. The highest BCUT2D eigenvalue weighted by Crippen LogP contribution is 2.35. The third-order valence-corrected chi connectivity index (χ3v) is 5.51. The van der Waals surface area contributed by atoms with Gasteiger partial charge in [-0.15, -0.1) is 0 Å². The number of hydrogen-bond donors (Lipinski definition) is 2. The van der Waals surface area contributed by atoms with Crippen LogP contribution in [0.4, 0.5) is 0 Å². The van der Waals surface area contributed by atoms with Gasteiger partial charge in [-0.25, -0.2) is 0 Å². The predicted molar refractivity (Wildman–Crippen MR) is 126 cm³/mol. The smallest absolute Gasteiger partial charge is 0.123 e. The Labute approximate surface area is 183 Å². The van der Waals surface area contributed by atoms with Crippen molar-refractivity contribution in [1.82, 2.24) is 9.80 Å². The van der Waals surface area contributed by atoms with E-state index in [2.05, 4.69) is 65.4 Å². The summed E-state index contributed by atoms with van der Waals surface area (Å²) >= 11 is 0. The normalized spacial score (nSPS) is 12.7. The van der Waals surface area contributed by atoms with Gasteiger partial charge in [-0.2, -0.15) is 0 Å². The van der Waals surface area contributed by atoms with Crippen molar-refractivity contribution >= 4 is 0 Å². The summed E-state index contributed by atoms with van der Waals surface area (Å²) in [4.78, 5) is 4.45. The van der Waals surface area contributed by atoms with Gasteiger partial charge in [0.05, 0.1) is 0 Å². The molecule has 0 radical (unpaired) electrons. The Kier molecular flexibility index (Phi) is 7.59. The lowest BCUT2D eigenvalue weighted by molar-refractivity contribution is 0.221. The van der Waals surface area contributed by atoms with Gasteiger partial charge in [0, 0.05) is 37.3 Å². The minimum atomic E-state index is -0.117. The summed E-state index contributed by atoms with van der Waals surface area (Å²) in [6, 6.07) is 12.1. The first-order valence-corrected chi connectivity index (χ1v) is 10.8. The fourth-order valence-corrected chi connectivity index (χ4v) is 3.69. The van der Waals surface area contributed by atoms with E-state index in [0.717, 1.165) is 35.3 Å². The van der Waals surface area contributed by atoms with Gasteiger partial charge in [0.1, 0.15) is 11.5 Å².